The summed E-state index contributed by atoms with van der Waals surface area (Å²) in [7, 11) is 0. The average Bonchev–Trinajstić information content (AvgIpc) is 2.71. The van der Waals surface area contributed by atoms with Gasteiger partial charge in [-0.15, -0.1) is 0 Å². The third kappa shape index (κ3) is 0.923. The highest BCUT2D eigenvalue weighted by molar-refractivity contribution is 5.91. The average molecular weight is 194 g/mol. The second-order valence-electron chi connectivity index (χ2n) is 4.93. The van der Waals surface area contributed by atoms with Gasteiger partial charge >= 0.3 is 0 Å². The standard InChI is InChI=1S/C15H14/c1-2-10-4-6-12-8-9-13-7-5-11(3-1)14(10)15(12)13/h1-4,6,13H,5,7-9H2. The molecule has 2 aliphatic carbocycles. The van der Waals surface area contributed by atoms with Crippen LogP contribution in [0.1, 0.15) is 35.4 Å². The molecule has 0 bridgehead atoms. The van der Waals surface area contributed by atoms with Crippen molar-refractivity contribution in [3.05, 3.63) is 47.0 Å². The zero-order valence-corrected chi connectivity index (χ0v) is 8.79. The third-order valence-electron chi connectivity index (χ3n) is 4.19. The van der Waals surface area contributed by atoms with Crippen LogP contribution in [0.3, 0.4) is 0 Å². The van der Waals surface area contributed by atoms with E-state index in [-0.39, 0.29) is 0 Å². The van der Waals surface area contributed by atoms with Gasteiger partial charge in [0.05, 0.1) is 0 Å². The lowest BCUT2D eigenvalue weighted by Crippen LogP contribution is -2.05. The summed E-state index contributed by atoms with van der Waals surface area (Å²) in [6, 6.07) is 11.5. The van der Waals surface area contributed by atoms with Gasteiger partial charge in [0.15, 0.2) is 0 Å². The molecule has 0 spiro atoms. The van der Waals surface area contributed by atoms with Crippen LogP contribution in [0, 0.1) is 0 Å². The van der Waals surface area contributed by atoms with E-state index < -0.39 is 0 Å². The molecule has 1 atom stereocenters. The van der Waals surface area contributed by atoms with E-state index in [9.17, 15) is 0 Å². The van der Waals surface area contributed by atoms with Crippen molar-refractivity contribution in [3.8, 4) is 0 Å². The molecule has 2 aliphatic rings. The Bertz CT molecular complexity index is 551. The Labute approximate surface area is 89.9 Å². The van der Waals surface area contributed by atoms with Crippen LogP contribution < -0.4 is 0 Å². The van der Waals surface area contributed by atoms with Crippen molar-refractivity contribution in [2.24, 2.45) is 0 Å². The number of benzene rings is 2. The number of hydrogen-bond donors (Lipinski definition) is 0. The summed E-state index contributed by atoms with van der Waals surface area (Å²) in [5, 5.41) is 3.06. The lowest BCUT2D eigenvalue weighted by molar-refractivity contribution is 0.612. The zero-order valence-electron chi connectivity index (χ0n) is 8.79. The lowest BCUT2D eigenvalue weighted by atomic mass is 9.82. The summed E-state index contributed by atoms with van der Waals surface area (Å²) >= 11 is 0. The highest BCUT2D eigenvalue weighted by Gasteiger charge is 2.28. The van der Waals surface area contributed by atoms with E-state index in [1.165, 1.54) is 31.1 Å². The van der Waals surface area contributed by atoms with Gasteiger partial charge in [0.1, 0.15) is 0 Å². The molecule has 0 aromatic heterocycles. The van der Waals surface area contributed by atoms with Gasteiger partial charge in [0, 0.05) is 0 Å². The molecule has 0 heteroatoms. The van der Waals surface area contributed by atoms with Crippen LogP contribution in [-0.2, 0) is 12.8 Å². The largest absolute Gasteiger partial charge is 0.0614 e. The van der Waals surface area contributed by atoms with Crippen LogP contribution in [-0.4, -0.2) is 0 Å². The van der Waals surface area contributed by atoms with Crippen LogP contribution in [0.4, 0.5) is 0 Å². The first-order chi connectivity index (χ1) is 7.43. The summed E-state index contributed by atoms with van der Waals surface area (Å²) in [5.74, 6) is 0.874. The first kappa shape index (κ1) is 7.92. The molecular weight excluding hydrogens is 180 g/mol. The maximum absolute atomic E-state index is 2.35. The van der Waals surface area contributed by atoms with E-state index in [2.05, 4.69) is 30.3 Å². The fourth-order valence-corrected chi connectivity index (χ4v) is 3.51. The van der Waals surface area contributed by atoms with Gasteiger partial charge in [-0.3, -0.25) is 0 Å². The molecule has 1 unspecified atom stereocenters. The summed E-state index contributed by atoms with van der Waals surface area (Å²) in [6.45, 7) is 0. The Morgan fingerprint density at radius 1 is 0.867 bits per heavy atom. The normalized spacial score (nSPS) is 22.3. The second-order valence-corrected chi connectivity index (χ2v) is 4.93. The first-order valence-corrected chi connectivity index (χ1v) is 5.97. The van der Waals surface area contributed by atoms with E-state index in [0.717, 1.165) is 5.92 Å². The number of aryl methyl sites for hydroxylation is 2. The zero-order chi connectivity index (χ0) is 9.83. The van der Waals surface area contributed by atoms with E-state index in [4.69, 9.17) is 0 Å². The van der Waals surface area contributed by atoms with Crippen molar-refractivity contribution in [2.75, 3.05) is 0 Å². The molecule has 4 rings (SSSR count). The Hall–Kier alpha value is -1.30. The molecule has 0 amide bonds. The van der Waals surface area contributed by atoms with Gasteiger partial charge in [-0.25, -0.2) is 0 Å². The molecule has 0 saturated heterocycles. The Morgan fingerprint density at radius 2 is 1.73 bits per heavy atom. The summed E-state index contributed by atoms with van der Waals surface area (Å²) < 4.78 is 0. The molecule has 0 aliphatic heterocycles. The van der Waals surface area contributed by atoms with Crippen LogP contribution in [0.5, 0.6) is 0 Å². The molecule has 0 nitrogen and oxygen atoms in total. The van der Waals surface area contributed by atoms with E-state index in [0.29, 0.717) is 0 Å². The van der Waals surface area contributed by atoms with Gasteiger partial charge < -0.3 is 0 Å². The monoisotopic (exact) mass is 194 g/mol. The van der Waals surface area contributed by atoms with Crippen molar-refractivity contribution in [1.82, 2.24) is 0 Å². The van der Waals surface area contributed by atoms with Gasteiger partial charge in [-0.05, 0) is 59.1 Å². The molecule has 0 heterocycles. The molecule has 0 radical (unpaired) electrons. The maximum atomic E-state index is 2.35. The van der Waals surface area contributed by atoms with Crippen molar-refractivity contribution in [1.29, 1.82) is 0 Å². The summed E-state index contributed by atoms with van der Waals surface area (Å²) in [5.41, 5.74) is 4.91. The van der Waals surface area contributed by atoms with E-state index in [1.54, 1.807) is 22.1 Å². The molecule has 0 fully saturated rings. The smallest absolute Gasteiger partial charge is 0.0114 e. The second kappa shape index (κ2) is 2.63. The third-order valence-corrected chi connectivity index (χ3v) is 4.19. The minimum Gasteiger partial charge on any atom is -0.0614 e. The highest BCUT2D eigenvalue weighted by Crippen LogP contribution is 2.45. The predicted octanol–water partition coefficient (Wildman–Crippen LogP) is 3.82. The van der Waals surface area contributed by atoms with Gasteiger partial charge in [-0.2, -0.15) is 0 Å². The van der Waals surface area contributed by atoms with Gasteiger partial charge in [0.2, 0.25) is 0 Å². The molecule has 15 heavy (non-hydrogen) atoms. The minimum atomic E-state index is 0.874. The molecular formula is C15H14. The van der Waals surface area contributed by atoms with Crippen molar-refractivity contribution >= 4 is 10.8 Å². The van der Waals surface area contributed by atoms with Gasteiger partial charge in [-0.1, -0.05) is 30.3 Å². The van der Waals surface area contributed by atoms with Crippen molar-refractivity contribution in [2.45, 2.75) is 31.6 Å². The fraction of sp³-hybridized carbons (Fsp3) is 0.333. The molecule has 74 valence electrons. The van der Waals surface area contributed by atoms with Crippen molar-refractivity contribution < 1.29 is 0 Å². The number of hydrogen-bond acceptors (Lipinski definition) is 0. The first-order valence-electron chi connectivity index (χ1n) is 5.97. The SMILES string of the molecule is c1cc2c3c4c(ccc3c1)CCC4CC2. The van der Waals surface area contributed by atoms with Gasteiger partial charge in [0.25, 0.3) is 0 Å². The summed E-state index contributed by atoms with van der Waals surface area (Å²) in [4.78, 5) is 0. The van der Waals surface area contributed by atoms with Crippen LogP contribution in [0.25, 0.3) is 10.8 Å². The van der Waals surface area contributed by atoms with Crippen LogP contribution >= 0.6 is 0 Å². The molecule has 0 saturated carbocycles. The summed E-state index contributed by atoms with van der Waals surface area (Å²) in [6.07, 6.45) is 5.37. The topological polar surface area (TPSA) is 0 Å². The molecule has 0 N–H and O–H groups in total. The molecule has 2 aromatic rings. The Balaban J connectivity index is 2.23. The maximum Gasteiger partial charge on any atom is -0.0114 e. The lowest BCUT2D eigenvalue weighted by Gasteiger charge is -2.22. The Morgan fingerprint density at radius 3 is 2.67 bits per heavy atom. The Kier molecular flexibility index (Phi) is 1.39. The van der Waals surface area contributed by atoms with Crippen molar-refractivity contribution in [3.63, 3.8) is 0 Å². The fourth-order valence-electron chi connectivity index (χ4n) is 3.51. The van der Waals surface area contributed by atoms with E-state index >= 15 is 0 Å². The minimum absolute atomic E-state index is 0.874. The number of rotatable bonds is 0. The predicted molar refractivity (Wildman–Crippen MR) is 63.3 cm³/mol. The highest BCUT2D eigenvalue weighted by atomic mass is 14.3. The quantitative estimate of drug-likeness (QED) is 0.598. The van der Waals surface area contributed by atoms with Crippen LogP contribution in [0.2, 0.25) is 0 Å². The van der Waals surface area contributed by atoms with Crippen LogP contribution in [0.15, 0.2) is 30.3 Å². The molecule has 2 aromatic carbocycles. The van der Waals surface area contributed by atoms with E-state index in [1.807, 2.05) is 0 Å².